The number of anilines is 1. The predicted molar refractivity (Wildman–Crippen MR) is 67.4 cm³/mol. The number of aromatic nitrogens is 2. The summed E-state index contributed by atoms with van der Waals surface area (Å²) in [5.74, 6) is 2.20. The number of fused-ring (bicyclic) bond motifs is 1. The maximum Gasteiger partial charge on any atom is 0.198 e. The molecule has 0 unspecified atom stereocenters. The smallest absolute Gasteiger partial charge is 0.198 e. The monoisotopic (exact) mass is 245 g/mol. The normalized spacial score (nSPS) is 14.3. The van der Waals surface area contributed by atoms with Crippen LogP contribution in [0.3, 0.4) is 0 Å². The molecule has 5 heteroatoms. The summed E-state index contributed by atoms with van der Waals surface area (Å²) in [6.45, 7) is 3.27. The van der Waals surface area contributed by atoms with Gasteiger partial charge in [-0.05, 0) is 18.6 Å². The minimum Gasteiger partial charge on any atom is -0.461 e. The Bertz CT molecular complexity index is 560. The van der Waals surface area contributed by atoms with Crippen molar-refractivity contribution < 1.29 is 9.15 Å². The molecule has 0 fully saturated rings. The molecule has 2 aromatic rings. The minimum atomic E-state index is 0.572. The standard InChI is InChI=1S/C13H15N3O2/c1-8-3-6-18-11(8)13-15-10-4-5-17-7-9(10)12(14-2)16-13/h3,6H,4-5,7H2,1-2H3,(H,14,15,16). The molecule has 3 rings (SSSR count). The van der Waals surface area contributed by atoms with Gasteiger partial charge in [0.2, 0.25) is 0 Å². The molecule has 0 spiro atoms. The zero-order valence-corrected chi connectivity index (χ0v) is 10.5. The van der Waals surface area contributed by atoms with Crippen molar-refractivity contribution in [2.45, 2.75) is 20.0 Å². The van der Waals surface area contributed by atoms with E-state index in [9.17, 15) is 0 Å². The van der Waals surface area contributed by atoms with E-state index in [-0.39, 0.29) is 0 Å². The molecule has 0 amide bonds. The first-order valence-corrected chi connectivity index (χ1v) is 5.99. The molecule has 0 aliphatic carbocycles. The van der Waals surface area contributed by atoms with Gasteiger partial charge in [0, 0.05) is 19.0 Å². The summed E-state index contributed by atoms with van der Waals surface area (Å²) in [7, 11) is 1.86. The molecule has 2 aromatic heterocycles. The Hall–Kier alpha value is -1.88. The average molecular weight is 245 g/mol. The van der Waals surface area contributed by atoms with Crippen molar-refractivity contribution in [2.24, 2.45) is 0 Å². The van der Waals surface area contributed by atoms with Crippen molar-refractivity contribution >= 4 is 5.82 Å². The van der Waals surface area contributed by atoms with E-state index < -0.39 is 0 Å². The van der Waals surface area contributed by atoms with Gasteiger partial charge in [0.1, 0.15) is 5.82 Å². The van der Waals surface area contributed by atoms with Gasteiger partial charge in [0.15, 0.2) is 11.6 Å². The Morgan fingerprint density at radius 2 is 2.22 bits per heavy atom. The number of nitrogens with one attached hydrogen (secondary N) is 1. The van der Waals surface area contributed by atoms with Crippen molar-refractivity contribution in [1.82, 2.24) is 9.97 Å². The van der Waals surface area contributed by atoms with Gasteiger partial charge in [-0.25, -0.2) is 9.97 Å². The topological polar surface area (TPSA) is 60.2 Å². The van der Waals surface area contributed by atoms with Crippen LogP contribution in [0, 0.1) is 6.92 Å². The highest BCUT2D eigenvalue weighted by Gasteiger charge is 2.19. The first kappa shape index (κ1) is 11.2. The molecule has 94 valence electrons. The highest BCUT2D eigenvalue weighted by Crippen LogP contribution is 2.27. The summed E-state index contributed by atoms with van der Waals surface area (Å²) in [4.78, 5) is 9.11. The summed E-state index contributed by atoms with van der Waals surface area (Å²) < 4.78 is 10.9. The van der Waals surface area contributed by atoms with Gasteiger partial charge in [-0.1, -0.05) is 0 Å². The summed E-state index contributed by atoms with van der Waals surface area (Å²) in [6, 6.07) is 1.92. The van der Waals surface area contributed by atoms with E-state index in [2.05, 4.69) is 15.3 Å². The van der Waals surface area contributed by atoms with Crippen molar-refractivity contribution in [2.75, 3.05) is 19.0 Å². The average Bonchev–Trinajstić information content (AvgIpc) is 2.83. The fraction of sp³-hybridized carbons (Fsp3) is 0.385. The first-order valence-electron chi connectivity index (χ1n) is 5.99. The van der Waals surface area contributed by atoms with Crippen LogP contribution in [0.2, 0.25) is 0 Å². The molecular weight excluding hydrogens is 230 g/mol. The number of ether oxygens (including phenoxy) is 1. The molecule has 1 N–H and O–H groups in total. The Balaban J connectivity index is 2.14. The third-order valence-corrected chi connectivity index (χ3v) is 3.12. The number of hydrogen-bond acceptors (Lipinski definition) is 5. The van der Waals surface area contributed by atoms with Crippen LogP contribution in [0.4, 0.5) is 5.82 Å². The van der Waals surface area contributed by atoms with Gasteiger partial charge in [0.05, 0.1) is 25.2 Å². The lowest BCUT2D eigenvalue weighted by atomic mass is 10.1. The maximum atomic E-state index is 5.46. The Kier molecular flexibility index (Phi) is 2.76. The molecule has 1 aliphatic heterocycles. The van der Waals surface area contributed by atoms with Crippen LogP contribution in [0.1, 0.15) is 16.8 Å². The van der Waals surface area contributed by atoms with E-state index in [1.54, 1.807) is 6.26 Å². The third kappa shape index (κ3) is 1.76. The van der Waals surface area contributed by atoms with Gasteiger partial charge >= 0.3 is 0 Å². The summed E-state index contributed by atoms with van der Waals surface area (Å²) >= 11 is 0. The van der Waals surface area contributed by atoms with Crippen LogP contribution in [0.15, 0.2) is 16.7 Å². The fourth-order valence-corrected chi connectivity index (χ4v) is 2.14. The van der Waals surface area contributed by atoms with Gasteiger partial charge in [-0.15, -0.1) is 0 Å². The zero-order chi connectivity index (χ0) is 12.5. The van der Waals surface area contributed by atoms with Crippen LogP contribution in [-0.4, -0.2) is 23.6 Å². The second kappa shape index (κ2) is 4.42. The molecule has 0 saturated heterocycles. The Labute approximate surface area is 105 Å². The van der Waals surface area contributed by atoms with E-state index in [0.29, 0.717) is 19.0 Å². The Morgan fingerprint density at radius 3 is 2.94 bits per heavy atom. The first-order chi connectivity index (χ1) is 8.79. The summed E-state index contributed by atoms with van der Waals surface area (Å²) in [5, 5.41) is 3.10. The number of furan rings is 1. The quantitative estimate of drug-likeness (QED) is 0.878. The largest absolute Gasteiger partial charge is 0.461 e. The number of nitrogens with zero attached hydrogens (tertiary/aromatic N) is 2. The SMILES string of the molecule is CNc1nc(-c2occc2C)nc2c1COCC2. The van der Waals surface area contributed by atoms with E-state index in [0.717, 1.165) is 34.8 Å². The number of aryl methyl sites for hydroxylation is 1. The highest BCUT2D eigenvalue weighted by molar-refractivity contribution is 5.58. The van der Waals surface area contributed by atoms with Crippen molar-refractivity contribution in [1.29, 1.82) is 0 Å². The third-order valence-electron chi connectivity index (χ3n) is 3.12. The van der Waals surface area contributed by atoms with Gasteiger partial charge < -0.3 is 14.5 Å². The molecule has 0 aromatic carbocycles. The second-order valence-corrected chi connectivity index (χ2v) is 4.31. The van der Waals surface area contributed by atoms with Crippen LogP contribution in [0.25, 0.3) is 11.6 Å². The van der Waals surface area contributed by atoms with Gasteiger partial charge in [0.25, 0.3) is 0 Å². The maximum absolute atomic E-state index is 5.46. The molecule has 0 atom stereocenters. The van der Waals surface area contributed by atoms with Crippen molar-refractivity contribution in [3.63, 3.8) is 0 Å². The second-order valence-electron chi connectivity index (χ2n) is 4.31. The van der Waals surface area contributed by atoms with E-state index in [1.807, 2.05) is 20.0 Å². The lowest BCUT2D eigenvalue weighted by Gasteiger charge is -2.18. The van der Waals surface area contributed by atoms with E-state index >= 15 is 0 Å². The van der Waals surface area contributed by atoms with Crippen molar-refractivity contribution in [3.05, 3.63) is 29.2 Å². The highest BCUT2D eigenvalue weighted by atomic mass is 16.5. The fourth-order valence-electron chi connectivity index (χ4n) is 2.14. The molecular formula is C13H15N3O2. The zero-order valence-electron chi connectivity index (χ0n) is 10.5. The predicted octanol–water partition coefficient (Wildman–Crippen LogP) is 2.16. The van der Waals surface area contributed by atoms with Gasteiger partial charge in [-0.2, -0.15) is 0 Å². The minimum absolute atomic E-state index is 0.572. The van der Waals surface area contributed by atoms with Crippen molar-refractivity contribution in [3.8, 4) is 11.6 Å². The van der Waals surface area contributed by atoms with E-state index in [4.69, 9.17) is 9.15 Å². The molecule has 0 bridgehead atoms. The van der Waals surface area contributed by atoms with Crippen LogP contribution in [0.5, 0.6) is 0 Å². The molecule has 0 saturated carbocycles. The van der Waals surface area contributed by atoms with Crippen LogP contribution in [-0.2, 0) is 17.8 Å². The number of rotatable bonds is 2. The molecule has 1 aliphatic rings. The molecule has 0 radical (unpaired) electrons. The van der Waals surface area contributed by atoms with E-state index in [1.165, 1.54) is 0 Å². The van der Waals surface area contributed by atoms with Gasteiger partial charge in [-0.3, -0.25) is 0 Å². The van der Waals surface area contributed by atoms with Crippen LogP contribution < -0.4 is 5.32 Å². The lowest BCUT2D eigenvalue weighted by molar-refractivity contribution is 0.109. The molecule has 3 heterocycles. The molecule has 18 heavy (non-hydrogen) atoms. The lowest BCUT2D eigenvalue weighted by Crippen LogP contribution is -2.16. The molecule has 5 nitrogen and oxygen atoms in total. The number of hydrogen-bond donors (Lipinski definition) is 1. The van der Waals surface area contributed by atoms with Crippen LogP contribution >= 0.6 is 0 Å². The Morgan fingerprint density at radius 1 is 1.33 bits per heavy atom. The summed E-state index contributed by atoms with van der Waals surface area (Å²) in [5.41, 5.74) is 3.15. The summed E-state index contributed by atoms with van der Waals surface area (Å²) in [6.07, 6.45) is 2.48.